The van der Waals surface area contributed by atoms with Crippen molar-refractivity contribution in [2.75, 3.05) is 44.4 Å². The maximum atomic E-state index is 12.6. The normalized spacial score (nSPS) is 24.1. The summed E-state index contributed by atoms with van der Waals surface area (Å²) >= 11 is 0. The van der Waals surface area contributed by atoms with Gasteiger partial charge in [-0.25, -0.2) is 0 Å². The van der Waals surface area contributed by atoms with Crippen molar-refractivity contribution in [3.8, 4) is 0 Å². The van der Waals surface area contributed by atoms with E-state index < -0.39 is 0 Å². The number of hydrogen-bond acceptors (Lipinski definition) is 4. The fourth-order valence-corrected chi connectivity index (χ4v) is 3.75. The van der Waals surface area contributed by atoms with E-state index in [0.717, 1.165) is 30.8 Å². The Labute approximate surface area is 150 Å². The molecule has 1 aliphatic heterocycles. The molecule has 0 bridgehead atoms. The Kier molecular flexibility index (Phi) is 6.70. The van der Waals surface area contributed by atoms with Gasteiger partial charge in [-0.3, -0.25) is 4.79 Å². The maximum Gasteiger partial charge on any atom is 0.253 e. The number of carbonyl (C=O) groups is 1. The Morgan fingerprint density at radius 3 is 2.80 bits per heavy atom. The molecule has 0 unspecified atom stereocenters. The molecule has 2 aliphatic rings. The van der Waals surface area contributed by atoms with Crippen LogP contribution in [0.5, 0.6) is 0 Å². The van der Waals surface area contributed by atoms with Crippen LogP contribution in [0, 0.1) is 5.92 Å². The number of ether oxygens (including phenoxy) is 2. The molecule has 25 heavy (non-hydrogen) atoms. The molecule has 1 heterocycles. The largest absolute Gasteiger partial charge is 0.378 e. The van der Waals surface area contributed by atoms with Crippen molar-refractivity contribution in [3.05, 3.63) is 29.8 Å². The summed E-state index contributed by atoms with van der Waals surface area (Å²) < 4.78 is 11.4. The molecule has 3 rings (SSSR count). The minimum Gasteiger partial charge on any atom is -0.378 e. The van der Waals surface area contributed by atoms with Gasteiger partial charge in [0.05, 0.1) is 31.5 Å². The number of morpholine rings is 1. The maximum absolute atomic E-state index is 12.6. The number of hydrogen-bond donors (Lipinski definition) is 1. The summed E-state index contributed by atoms with van der Waals surface area (Å²) in [6.45, 7) is 6.48. The number of anilines is 1. The van der Waals surface area contributed by atoms with Gasteiger partial charge in [0.15, 0.2) is 0 Å². The molecule has 0 radical (unpaired) electrons. The Hall–Kier alpha value is -1.59. The zero-order valence-corrected chi connectivity index (χ0v) is 15.2. The van der Waals surface area contributed by atoms with Gasteiger partial charge < -0.3 is 19.7 Å². The molecule has 5 heteroatoms. The lowest BCUT2D eigenvalue weighted by Gasteiger charge is -2.30. The number of amides is 1. The number of benzene rings is 1. The summed E-state index contributed by atoms with van der Waals surface area (Å²) in [5.41, 5.74) is 1.72. The summed E-state index contributed by atoms with van der Waals surface area (Å²) in [6.07, 6.45) is 5.33. The van der Waals surface area contributed by atoms with Gasteiger partial charge in [-0.05, 0) is 30.9 Å². The van der Waals surface area contributed by atoms with Gasteiger partial charge >= 0.3 is 0 Å². The third-order valence-electron chi connectivity index (χ3n) is 5.25. The first-order chi connectivity index (χ1) is 12.3. The monoisotopic (exact) mass is 346 g/mol. The van der Waals surface area contributed by atoms with E-state index in [2.05, 4.69) is 17.1 Å². The Morgan fingerprint density at radius 2 is 2.00 bits per heavy atom. The number of rotatable bonds is 6. The Bertz CT molecular complexity index is 558. The van der Waals surface area contributed by atoms with Crippen molar-refractivity contribution in [3.63, 3.8) is 0 Å². The highest BCUT2D eigenvalue weighted by Crippen LogP contribution is 2.26. The van der Waals surface area contributed by atoms with Crippen LogP contribution in [0.2, 0.25) is 0 Å². The molecular weight excluding hydrogens is 316 g/mol. The first-order valence-electron chi connectivity index (χ1n) is 9.57. The van der Waals surface area contributed by atoms with Crippen molar-refractivity contribution in [1.82, 2.24) is 5.32 Å². The highest BCUT2D eigenvalue weighted by Gasteiger charge is 2.22. The average Bonchev–Trinajstić information content (AvgIpc) is 2.67. The molecular formula is C20H30N2O3. The van der Waals surface area contributed by atoms with Gasteiger partial charge in [-0.1, -0.05) is 31.9 Å². The predicted octanol–water partition coefficient (Wildman–Crippen LogP) is 2.85. The zero-order valence-electron chi connectivity index (χ0n) is 15.2. The number of nitrogens with one attached hydrogen (secondary N) is 1. The molecule has 0 spiro atoms. The fourth-order valence-electron chi connectivity index (χ4n) is 3.75. The van der Waals surface area contributed by atoms with Gasteiger partial charge in [0, 0.05) is 25.3 Å². The van der Waals surface area contributed by atoms with E-state index in [1.807, 2.05) is 24.3 Å². The van der Waals surface area contributed by atoms with Crippen LogP contribution in [0.25, 0.3) is 0 Å². The van der Waals surface area contributed by atoms with Crippen molar-refractivity contribution in [2.45, 2.75) is 38.7 Å². The van der Waals surface area contributed by atoms with Crippen LogP contribution in [-0.2, 0) is 9.47 Å². The van der Waals surface area contributed by atoms with E-state index in [-0.39, 0.29) is 5.91 Å². The predicted molar refractivity (Wildman–Crippen MR) is 99.2 cm³/mol. The highest BCUT2D eigenvalue weighted by molar-refractivity contribution is 5.99. The summed E-state index contributed by atoms with van der Waals surface area (Å²) in [5.74, 6) is 0.605. The molecule has 1 aromatic carbocycles. The number of para-hydroxylation sites is 1. The summed E-state index contributed by atoms with van der Waals surface area (Å²) in [5, 5.41) is 3.01. The molecule has 1 aromatic rings. The lowest BCUT2D eigenvalue weighted by molar-refractivity contribution is -0.00293. The molecule has 5 nitrogen and oxygen atoms in total. The van der Waals surface area contributed by atoms with Crippen molar-refractivity contribution >= 4 is 11.6 Å². The van der Waals surface area contributed by atoms with Crippen molar-refractivity contribution < 1.29 is 14.3 Å². The quantitative estimate of drug-likeness (QED) is 0.805. The summed E-state index contributed by atoms with van der Waals surface area (Å²) in [7, 11) is 0. The first kappa shape index (κ1) is 18.2. The van der Waals surface area contributed by atoms with E-state index in [0.29, 0.717) is 38.4 Å². The van der Waals surface area contributed by atoms with E-state index >= 15 is 0 Å². The zero-order chi connectivity index (χ0) is 17.5. The number of nitrogens with zero attached hydrogens (tertiary/aromatic N) is 1. The van der Waals surface area contributed by atoms with E-state index in [9.17, 15) is 4.79 Å². The van der Waals surface area contributed by atoms with Gasteiger partial charge in [-0.15, -0.1) is 0 Å². The number of carbonyl (C=O) groups excluding carboxylic acids is 1. The first-order valence-corrected chi connectivity index (χ1v) is 9.57. The van der Waals surface area contributed by atoms with Crippen LogP contribution < -0.4 is 10.2 Å². The molecule has 1 saturated heterocycles. The third-order valence-corrected chi connectivity index (χ3v) is 5.25. The third kappa shape index (κ3) is 4.95. The molecule has 138 valence electrons. The minimum atomic E-state index is -0.0256. The highest BCUT2D eigenvalue weighted by atomic mass is 16.5. The van der Waals surface area contributed by atoms with E-state index in [4.69, 9.17) is 9.47 Å². The fraction of sp³-hybridized carbons (Fsp3) is 0.650. The SMILES string of the molecule is C[C@H]1CCCC[C@@H]1OCCNC(=O)c1ccccc1N1CCOCC1. The van der Waals surface area contributed by atoms with Gasteiger partial charge in [0.25, 0.3) is 5.91 Å². The van der Waals surface area contributed by atoms with Crippen LogP contribution >= 0.6 is 0 Å². The second-order valence-corrected chi connectivity index (χ2v) is 7.04. The standard InChI is InChI=1S/C20H30N2O3/c1-16-6-2-5-9-19(16)25-13-10-21-20(23)17-7-3-4-8-18(17)22-11-14-24-15-12-22/h3-4,7-8,16,19H,2,5-6,9-15H2,1H3,(H,21,23)/t16-,19-/m0/s1. The lowest BCUT2D eigenvalue weighted by Crippen LogP contribution is -2.38. The van der Waals surface area contributed by atoms with Crippen LogP contribution in [0.3, 0.4) is 0 Å². The van der Waals surface area contributed by atoms with Gasteiger partial charge in [0.2, 0.25) is 0 Å². The molecule has 1 amide bonds. The summed E-state index contributed by atoms with van der Waals surface area (Å²) in [6, 6.07) is 7.80. The minimum absolute atomic E-state index is 0.0256. The van der Waals surface area contributed by atoms with Crippen molar-refractivity contribution in [1.29, 1.82) is 0 Å². The molecule has 1 N–H and O–H groups in total. The van der Waals surface area contributed by atoms with Crippen LogP contribution in [0.15, 0.2) is 24.3 Å². The Morgan fingerprint density at radius 1 is 1.24 bits per heavy atom. The van der Waals surface area contributed by atoms with Crippen LogP contribution in [0.1, 0.15) is 43.0 Å². The van der Waals surface area contributed by atoms with Crippen LogP contribution in [0.4, 0.5) is 5.69 Å². The van der Waals surface area contributed by atoms with E-state index in [1.54, 1.807) is 0 Å². The molecule has 2 fully saturated rings. The molecule has 1 saturated carbocycles. The van der Waals surface area contributed by atoms with E-state index in [1.165, 1.54) is 19.3 Å². The topological polar surface area (TPSA) is 50.8 Å². The Balaban J connectivity index is 1.49. The second kappa shape index (κ2) is 9.20. The summed E-state index contributed by atoms with van der Waals surface area (Å²) in [4.78, 5) is 14.8. The van der Waals surface area contributed by atoms with Crippen LogP contribution in [-0.4, -0.2) is 51.5 Å². The average molecular weight is 346 g/mol. The second-order valence-electron chi connectivity index (χ2n) is 7.04. The molecule has 2 atom stereocenters. The lowest BCUT2D eigenvalue weighted by atomic mass is 9.88. The van der Waals surface area contributed by atoms with Crippen molar-refractivity contribution in [2.24, 2.45) is 5.92 Å². The van der Waals surface area contributed by atoms with Gasteiger partial charge in [-0.2, -0.15) is 0 Å². The molecule has 0 aromatic heterocycles. The van der Waals surface area contributed by atoms with Gasteiger partial charge in [0.1, 0.15) is 0 Å². The molecule has 1 aliphatic carbocycles. The smallest absolute Gasteiger partial charge is 0.253 e.